The van der Waals surface area contributed by atoms with Crippen LogP contribution in [0.3, 0.4) is 0 Å². The Morgan fingerprint density at radius 1 is 1.32 bits per heavy atom. The summed E-state index contributed by atoms with van der Waals surface area (Å²) in [7, 11) is 1.65. The highest BCUT2D eigenvalue weighted by molar-refractivity contribution is 5.74. The quantitative estimate of drug-likeness (QED) is 0.804. The molecule has 2 aromatic rings. The molecular formula is C19H19F3N4O2. The molecule has 4 rings (SSSR count). The van der Waals surface area contributed by atoms with Crippen molar-refractivity contribution in [3.05, 3.63) is 47.7 Å². The van der Waals surface area contributed by atoms with Gasteiger partial charge in [0.2, 0.25) is 0 Å². The minimum Gasteiger partial charge on any atom is -0.465 e. The molecule has 3 heterocycles. The highest BCUT2D eigenvalue weighted by Crippen LogP contribution is 2.51. The molecule has 1 amide bonds. The number of piperidine rings is 1. The summed E-state index contributed by atoms with van der Waals surface area (Å²) < 4.78 is 41.5. The average Bonchev–Trinajstić information content (AvgIpc) is 2.93. The molecule has 2 unspecified atom stereocenters. The van der Waals surface area contributed by atoms with E-state index in [9.17, 15) is 23.1 Å². The van der Waals surface area contributed by atoms with E-state index in [1.165, 1.54) is 4.90 Å². The number of aromatic nitrogens is 1. The first kappa shape index (κ1) is 18.4. The van der Waals surface area contributed by atoms with E-state index in [1.54, 1.807) is 42.4 Å². The van der Waals surface area contributed by atoms with E-state index in [1.807, 2.05) is 0 Å². The van der Waals surface area contributed by atoms with Crippen molar-refractivity contribution in [2.24, 2.45) is 0 Å². The van der Waals surface area contributed by atoms with Crippen molar-refractivity contribution in [2.75, 3.05) is 30.4 Å². The molecule has 148 valence electrons. The molecule has 2 aliphatic heterocycles. The minimum atomic E-state index is -4.53. The summed E-state index contributed by atoms with van der Waals surface area (Å²) in [6.07, 6.45) is -3.54. The number of likely N-dealkylation sites (tertiary alicyclic amines) is 1. The number of rotatable bonds is 2. The van der Waals surface area contributed by atoms with Gasteiger partial charge in [-0.3, -0.25) is 0 Å². The number of amides is 1. The molecule has 0 spiro atoms. The van der Waals surface area contributed by atoms with Crippen molar-refractivity contribution in [3.63, 3.8) is 0 Å². The summed E-state index contributed by atoms with van der Waals surface area (Å²) in [5.41, 5.74) is 0.224. The number of likely N-dealkylation sites (N-methyl/N-ethyl adjacent to an activating group) is 1. The molecule has 1 saturated heterocycles. The number of hydrogen-bond donors (Lipinski definition) is 2. The number of carboxylic acid groups (broad SMARTS) is 1. The van der Waals surface area contributed by atoms with Gasteiger partial charge in [-0.1, -0.05) is 6.07 Å². The normalized spacial score (nSPS) is 21.3. The Kier molecular flexibility index (Phi) is 4.32. The topological polar surface area (TPSA) is 68.7 Å². The third kappa shape index (κ3) is 3.10. The lowest BCUT2D eigenvalue weighted by Crippen LogP contribution is -2.46. The first-order valence-electron chi connectivity index (χ1n) is 8.89. The van der Waals surface area contributed by atoms with Crippen LogP contribution in [-0.4, -0.2) is 47.3 Å². The van der Waals surface area contributed by atoms with Gasteiger partial charge in [-0.15, -0.1) is 0 Å². The van der Waals surface area contributed by atoms with Crippen LogP contribution in [-0.2, 0) is 6.18 Å². The number of nitrogens with one attached hydrogen (secondary N) is 1. The lowest BCUT2D eigenvalue weighted by Gasteiger charge is -2.36. The van der Waals surface area contributed by atoms with Crippen molar-refractivity contribution in [1.82, 2.24) is 9.88 Å². The Morgan fingerprint density at radius 2 is 2.11 bits per heavy atom. The van der Waals surface area contributed by atoms with Gasteiger partial charge >= 0.3 is 12.3 Å². The largest absolute Gasteiger partial charge is 0.465 e. The fraction of sp³-hybridized carbons (Fsp3) is 0.368. The Balaban J connectivity index is 1.80. The lowest BCUT2D eigenvalue weighted by molar-refractivity contribution is -0.137. The lowest BCUT2D eigenvalue weighted by atomic mass is 9.88. The SMILES string of the molecule is CN1c2c(cc(Nc3ccccn3)cc2C(F)(F)F)C2CN(C(=O)O)CCC21. The summed E-state index contributed by atoms with van der Waals surface area (Å²) in [6, 6.07) is 7.75. The maximum Gasteiger partial charge on any atom is 0.418 e. The molecule has 1 aromatic heterocycles. The van der Waals surface area contributed by atoms with Crippen LogP contribution in [0.2, 0.25) is 0 Å². The summed E-state index contributed by atoms with van der Waals surface area (Å²) >= 11 is 0. The second-order valence-corrected chi connectivity index (χ2v) is 7.10. The number of anilines is 3. The number of fused-ring (bicyclic) bond motifs is 3. The van der Waals surface area contributed by atoms with E-state index in [0.29, 0.717) is 24.3 Å². The van der Waals surface area contributed by atoms with Crippen LogP contribution in [0.1, 0.15) is 23.5 Å². The van der Waals surface area contributed by atoms with Crippen LogP contribution in [0.15, 0.2) is 36.5 Å². The molecule has 2 N–H and O–H groups in total. The maximum absolute atomic E-state index is 13.8. The van der Waals surface area contributed by atoms with Gasteiger partial charge in [0.25, 0.3) is 0 Å². The first-order valence-corrected chi connectivity index (χ1v) is 8.89. The molecule has 0 radical (unpaired) electrons. The summed E-state index contributed by atoms with van der Waals surface area (Å²) in [5, 5.41) is 12.2. The zero-order valence-electron chi connectivity index (χ0n) is 15.1. The summed E-state index contributed by atoms with van der Waals surface area (Å²) in [6.45, 7) is 0.497. The van der Waals surface area contributed by atoms with E-state index in [2.05, 4.69) is 10.3 Å². The Hall–Kier alpha value is -2.97. The highest BCUT2D eigenvalue weighted by atomic mass is 19.4. The number of alkyl halides is 3. The van der Waals surface area contributed by atoms with Crippen molar-refractivity contribution < 1.29 is 23.1 Å². The molecule has 1 aromatic carbocycles. The zero-order valence-corrected chi connectivity index (χ0v) is 15.1. The van der Waals surface area contributed by atoms with Crippen LogP contribution in [0.4, 0.5) is 35.2 Å². The van der Waals surface area contributed by atoms with Crippen LogP contribution < -0.4 is 10.2 Å². The third-order valence-corrected chi connectivity index (χ3v) is 5.48. The minimum absolute atomic E-state index is 0.140. The highest BCUT2D eigenvalue weighted by Gasteiger charge is 2.46. The summed E-state index contributed by atoms with van der Waals surface area (Å²) in [5.74, 6) is 0.130. The van der Waals surface area contributed by atoms with E-state index >= 15 is 0 Å². The van der Waals surface area contributed by atoms with Crippen molar-refractivity contribution in [1.29, 1.82) is 0 Å². The molecule has 0 saturated carbocycles. The van der Waals surface area contributed by atoms with E-state index in [4.69, 9.17) is 0 Å². The van der Waals surface area contributed by atoms with Crippen molar-refractivity contribution in [3.8, 4) is 0 Å². The molecule has 1 fully saturated rings. The standard InChI is InChI=1S/C19H19F3N4O2/c1-25-15-5-7-26(18(27)28)10-13(15)12-8-11(24-16-4-2-3-6-23-16)9-14(17(12)25)19(20,21)22/h2-4,6,8-9,13,15H,5,7,10H2,1H3,(H,23,24)(H,27,28). The molecular weight excluding hydrogens is 373 g/mol. The number of halogens is 3. The van der Waals surface area contributed by atoms with E-state index < -0.39 is 17.8 Å². The average molecular weight is 392 g/mol. The summed E-state index contributed by atoms with van der Waals surface area (Å²) in [4.78, 5) is 18.4. The van der Waals surface area contributed by atoms with Gasteiger partial charge in [-0.05, 0) is 36.2 Å². The Labute approximate surface area is 159 Å². The molecule has 2 aliphatic rings. The van der Waals surface area contributed by atoms with Gasteiger partial charge in [0.05, 0.1) is 11.3 Å². The number of nitrogens with zero attached hydrogens (tertiary/aromatic N) is 3. The molecule has 0 bridgehead atoms. The smallest absolute Gasteiger partial charge is 0.418 e. The fourth-order valence-corrected chi connectivity index (χ4v) is 4.25. The van der Waals surface area contributed by atoms with Crippen LogP contribution in [0.5, 0.6) is 0 Å². The van der Waals surface area contributed by atoms with Crippen molar-refractivity contribution in [2.45, 2.75) is 24.6 Å². The number of pyridine rings is 1. The number of hydrogen-bond acceptors (Lipinski definition) is 4. The first-order chi connectivity index (χ1) is 13.3. The van der Waals surface area contributed by atoms with E-state index in [0.717, 1.165) is 6.07 Å². The predicted octanol–water partition coefficient (Wildman–Crippen LogP) is 4.13. The molecule has 2 atom stereocenters. The Morgan fingerprint density at radius 3 is 2.75 bits per heavy atom. The third-order valence-electron chi connectivity index (χ3n) is 5.48. The van der Waals surface area contributed by atoms with Crippen LogP contribution in [0.25, 0.3) is 0 Å². The van der Waals surface area contributed by atoms with Crippen LogP contribution >= 0.6 is 0 Å². The monoisotopic (exact) mass is 392 g/mol. The zero-order chi connectivity index (χ0) is 20.1. The number of benzene rings is 1. The van der Waals surface area contributed by atoms with Gasteiger partial charge in [0.1, 0.15) is 5.82 Å². The van der Waals surface area contributed by atoms with Gasteiger partial charge < -0.3 is 20.2 Å². The molecule has 0 aliphatic carbocycles. The van der Waals surface area contributed by atoms with Gasteiger partial charge in [-0.2, -0.15) is 13.2 Å². The fourth-order valence-electron chi connectivity index (χ4n) is 4.25. The molecule has 9 heteroatoms. The maximum atomic E-state index is 13.8. The van der Waals surface area contributed by atoms with Crippen molar-refractivity contribution >= 4 is 23.3 Å². The molecule has 28 heavy (non-hydrogen) atoms. The van der Waals surface area contributed by atoms with Gasteiger partial charge in [0.15, 0.2) is 0 Å². The van der Waals surface area contributed by atoms with Gasteiger partial charge in [-0.25, -0.2) is 9.78 Å². The number of carbonyl (C=O) groups is 1. The van der Waals surface area contributed by atoms with E-state index in [-0.39, 0.29) is 29.9 Å². The predicted molar refractivity (Wildman–Crippen MR) is 98.1 cm³/mol. The van der Waals surface area contributed by atoms with Crippen LogP contribution in [0, 0.1) is 0 Å². The molecule has 6 nitrogen and oxygen atoms in total. The second kappa shape index (κ2) is 6.57. The second-order valence-electron chi connectivity index (χ2n) is 7.10. The van der Waals surface area contributed by atoms with Gasteiger partial charge in [0, 0.05) is 44.0 Å². The Bertz CT molecular complexity index is 904.